The minimum absolute atomic E-state index is 0.0453. The third-order valence-electron chi connectivity index (χ3n) is 7.42. The first kappa shape index (κ1) is 27.4. The third-order valence-corrected chi connectivity index (χ3v) is 7.42. The Hall–Kier alpha value is -2.64. The average Bonchev–Trinajstić information content (AvgIpc) is 3.33. The molecule has 0 aromatic carbocycles. The first-order valence-electron chi connectivity index (χ1n) is 13.5. The minimum atomic E-state index is -0.548. The molecule has 3 fully saturated rings. The molecule has 37 heavy (non-hydrogen) atoms. The molecular formula is C30H41NO6. The van der Waals surface area contributed by atoms with Crippen LogP contribution in [-0.2, 0) is 19.0 Å². The Morgan fingerprint density at radius 3 is 2.65 bits per heavy atom. The molecule has 1 aromatic rings. The molecule has 2 saturated heterocycles. The molecule has 7 heteroatoms. The van der Waals surface area contributed by atoms with E-state index in [0.29, 0.717) is 5.92 Å². The van der Waals surface area contributed by atoms with Crippen molar-refractivity contribution in [3.8, 4) is 0 Å². The summed E-state index contributed by atoms with van der Waals surface area (Å²) in [5.74, 6) is 0.0809. The van der Waals surface area contributed by atoms with E-state index in [4.69, 9.17) is 18.6 Å². The van der Waals surface area contributed by atoms with Gasteiger partial charge in [0.05, 0.1) is 30.2 Å². The van der Waals surface area contributed by atoms with Gasteiger partial charge in [0.2, 0.25) is 11.7 Å². The molecule has 7 nitrogen and oxygen atoms in total. The minimum Gasteiger partial charge on any atom is -0.457 e. The van der Waals surface area contributed by atoms with Crippen molar-refractivity contribution < 1.29 is 28.2 Å². The van der Waals surface area contributed by atoms with Gasteiger partial charge in [-0.05, 0) is 83.9 Å². The number of furan rings is 1. The summed E-state index contributed by atoms with van der Waals surface area (Å²) in [7, 11) is 0. The molecule has 2 aliphatic heterocycles. The van der Waals surface area contributed by atoms with Crippen LogP contribution in [0, 0.1) is 5.92 Å². The molecule has 1 aromatic heterocycles. The fourth-order valence-corrected chi connectivity index (χ4v) is 5.49. The lowest BCUT2D eigenvalue weighted by molar-refractivity contribution is -0.117. The van der Waals surface area contributed by atoms with E-state index < -0.39 is 12.1 Å². The summed E-state index contributed by atoms with van der Waals surface area (Å²) in [6.45, 7) is 9.02. The summed E-state index contributed by atoms with van der Waals surface area (Å²) >= 11 is 0. The van der Waals surface area contributed by atoms with Crippen molar-refractivity contribution in [1.82, 2.24) is 5.32 Å². The van der Waals surface area contributed by atoms with Crippen molar-refractivity contribution in [2.45, 2.75) is 102 Å². The van der Waals surface area contributed by atoms with Gasteiger partial charge in [0, 0.05) is 25.0 Å². The number of ether oxygens (including phenoxy) is 3. The van der Waals surface area contributed by atoms with E-state index >= 15 is 0 Å². The van der Waals surface area contributed by atoms with E-state index in [1.54, 1.807) is 25.1 Å². The quantitative estimate of drug-likeness (QED) is 0.199. The summed E-state index contributed by atoms with van der Waals surface area (Å²) in [4.78, 5) is 24.2. The predicted molar refractivity (Wildman–Crippen MR) is 141 cm³/mol. The number of carbonyl (C=O) groups is 2. The number of amides is 1. The Kier molecular flexibility index (Phi) is 8.75. The van der Waals surface area contributed by atoms with Crippen LogP contribution in [0.15, 0.2) is 58.8 Å². The van der Waals surface area contributed by atoms with Crippen LogP contribution in [0.4, 0.5) is 0 Å². The highest BCUT2D eigenvalue weighted by Crippen LogP contribution is 2.46. The van der Waals surface area contributed by atoms with Gasteiger partial charge in [0.15, 0.2) is 0 Å². The first-order valence-corrected chi connectivity index (χ1v) is 13.5. The highest BCUT2D eigenvalue weighted by molar-refractivity contribution is 5.88. The highest BCUT2D eigenvalue weighted by atomic mass is 16.6. The summed E-state index contributed by atoms with van der Waals surface area (Å²) in [5, 5.41) is 3.08. The molecule has 1 N–H and O–H groups in total. The van der Waals surface area contributed by atoms with Crippen LogP contribution in [0.1, 0.15) is 83.2 Å². The van der Waals surface area contributed by atoms with Crippen molar-refractivity contribution in [3.05, 3.63) is 60.1 Å². The summed E-state index contributed by atoms with van der Waals surface area (Å²) < 4.78 is 22.2. The lowest BCUT2D eigenvalue weighted by atomic mass is 9.83. The van der Waals surface area contributed by atoms with Gasteiger partial charge in [-0.2, -0.15) is 0 Å². The maximum absolute atomic E-state index is 12.3. The smallest absolute Gasteiger partial charge is 0.374 e. The van der Waals surface area contributed by atoms with Crippen molar-refractivity contribution in [3.63, 3.8) is 0 Å². The summed E-state index contributed by atoms with van der Waals surface area (Å²) in [5.41, 5.74) is 1.17. The molecular weight excluding hydrogens is 470 g/mol. The Morgan fingerprint density at radius 2 is 1.97 bits per heavy atom. The molecule has 1 spiro atoms. The van der Waals surface area contributed by atoms with E-state index in [1.807, 2.05) is 0 Å². The number of epoxide rings is 1. The highest BCUT2D eigenvalue weighted by Gasteiger charge is 2.53. The molecule has 202 valence electrons. The molecule has 1 amide bonds. The van der Waals surface area contributed by atoms with Gasteiger partial charge in [-0.3, -0.25) is 4.79 Å². The van der Waals surface area contributed by atoms with E-state index in [2.05, 4.69) is 44.3 Å². The van der Waals surface area contributed by atoms with E-state index in [9.17, 15) is 9.59 Å². The first-order chi connectivity index (χ1) is 17.6. The van der Waals surface area contributed by atoms with Gasteiger partial charge in [0.1, 0.15) is 6.10 Å². The second-order valence-electron chi connectivity index (χ2n) is 11.5. The fraction of sp³-hybridized carbons (Fsp3) is 0.600. The molecule has 1 saturated carbocycles. The molecule has 0 unspecified atom stereocenters. The maximum atomic E-state index is 12.3. The number of nitrogens with one attached hydrogen (secondary N) is 1. The number of rotatable bonds is 9. The second kappa shape index (κ2) is 11.8. The average molecular weight is 512 g/mol. The fourth-order valence-electron chi connectivity index (χ4n) is 5.49. The lowest BCUT2D eigenvalue weighted by Gasteiger charge is -2.38. The maximum Gasteiger partial charge on any atom is 0.374 e. The zero-order chi connectivity index (χ0) is 26.5. The van der Waals surface area contributed by atoms with Crippen molar-refractivity contribution in [2.75, 3.05) is 6.61 Å². The van der Waals surface area contributed by atoms with Crippen LogP contribution >= 0.6 is 0 Å². The van der Waals surface area contributed by atoms with Gasteiger partial charge in [-0.1, -0.05) is 23.8 Å². The molecule has 1 aliphatic carbocycles. The van der Waals surface area contributed by atoms with Crippen molar-refractivity contribution in [2.24, 2.45) is 5.92 Å². The van der Waals surface area contributed by atoms with Gasteiger partial charge in [-0.15, -0.1) is 0 Å². The Bertz CT molecular complexity index is 1000. The number of hydrogen-bond acceptors (Lipinski definition) is 6. The monoisotopic (exact) mass is 511 g/mol. The number of esters is 1. The van der Waals surface area contributed by atoms with Crippen LogP contribution in [0.2, 0.25) is 0 Å². The molecule has 0 radical (unpaired) electrons. The van der Waals surface area contributed by atoms with Crippen LogP contribution < -0.4 is 5.32 Å². The van der Waals surface area contributed by atoms with Gasteiger partial charge in [0.25, 0.3) is 0 Å². The van der Waals surface area contributed by atoms with Crippen LogP contribution in [0.25, 0.3) is 0 Å². The molecule has 3 aliphatic rings. The Morgan fingerprint density at radius 1 is 1.22 bits per heavy atom. The molecule has 3 heterocycles. The predicted octanol–water partition coefficient (Wildman–Crippen LogP) is 5.68. The van der Waals surface area contributed by atoms with Gasteiger partial charge < -0.3 is 23.9 Å². The molecule has 4 rings (SSSR count). The Labute approximate surface area is 220 Å². The number of carbonyl (C=O) groups excluding carboxylic acids is 2. The zero-order valence-electron chi connectivity index (χ0n) is 22.5. The van der Waals surface area contributed by atoms with Crippen LogP contribution in [0.5, 0.6) is 0 Å². The summed E-state index contributed by atoms with van der Waals surface area (Å²) in [6, 6.07) is 3.35. The molecule has 0 bridgehead atoms. The zero-order valence-corrected chi connectivity index (χ0v) is 22.5. The van der Waals surface area contributed by atoms with Gasteiger partial charge >= 0.3 is 5.97 Å². The normalized spacial score (nSPS) is 30.5. The Balaban J connectivity index is 1.13. The van der Waals surface area contributed by atoms with E-state index in [1.165, 1.54) is 17.9 Å². The molecule has 3 atom stereocenters. The SMILES string of the molecule is CC(/C=C/[C@@H]1C[C@]2(CO2)CC(C)(C)O1)=C\C[C@H]1CC[C@@H](NC(=O)/C=C\[C@H](C)OC(=O)c2ccco2)CC1. The van der Waals surface area contributed by atoms with Crippen molar-refractivity contribution >= 4 is 11.9 Å². The van der Waals surface area contributed by atoms with Crippen LogP contribution in [0.3, 0.4) is 0 Å². The van der Waals surface area contributed by atoms with Crippen LogP contribution in [-0.4, -0.2) is 47.9 Å². The van der Waals surface area contributed by atoms with E-state index in [0.717, 1.165) is 51.6 Å². The number of allylic oxidation sites excluding steroid dienone is 3. The largest absolute Gasteiger partial charge is 0.457 e. The second-order valence-corrected chi connectivity index (χ2v) is 11.5. The van der Waals surface area contributed by atoms with Crippen molar-refractivity contribution in [1.29, 1.82) is 0 Å². The number of hydrogen-bond donors (Lipinski definition) is 1. The van der Waals surface area contributed by atoms with E-state index in [-0.39, 0.29) is 35.0 Å². The topological polar surface area (TPSA) is 90.3 Å². The lowest BCUT2D eigenvalue weighted by Crippen LogP contribution is -2.43. The standard InChI is InChI=1S/C30H41NO6/c1-21(8-15-25-18-30(20-35-30)19-29(3,4)37-25)7-10-23-11-13-24(14-12-23)31-27(32)16-9-22(2)36-28(33)26-6-5-17-34-26/h5-9,15-17,22-25H,10-14,18-20H2,1-4H3,(H,31,32)/b15-8+,16-9-,21-7+/t22-,23-,24+,25+,30+/m0/s1. The third kappa shape index (κ3) is 8.44. The van der Waals surface area contributed by atoms with Gasteiger partial charge in [-0.25, -0.2) is 4.79 Å². The summed E-state index contributed by atoms with van der Waals surface area (Å²) in [6.07, 6.45) is 17.8.